The summed E-state index contributed by atoms with van der Waals surface area (Å²) in [7, 11) is 0. The fourth-order valence-electron chi connectivity index (χ4n) is 1.75. The van der Waals surface area contributed by atoms with Gasteiger partial charge in [0, 0.05) is 11.4 Å². The van der Waals surface area contributed by atoms with Crippen molar-refractivity contribution in [3.63, 3.8) is 0 Å². The Morgan fingerprint density at radius 2 is 2.06 bits per heavy atom. The van der Waals surface area contributed by atoms with Crippen molar-refractivity contribution in [3.8, 4) is 0 Å². The lowest BCUT2D eigenvalue weighted by Gasteiger charge is -2.12. The summed E-state index contributed by atoms with van der Waals surface area (Å²) in [6.07, 6.45) is 1.40. The minimum absolute atomic E-state index is 0.245. The van der Waals surface area contributed by atoms with Crippen LogP contribution in [-0.4, -0.2) is 11.1 Å². The van der Waals surface area contributed by atoms with Gasteiger partial charge in [-0.15, -0.1) is 0 Å². The molecule has 0 aliphatic heterocycles. The Kier molecular flexibility index (Phi) is 3.06. The fraction of sp³-hybridized carbons (Fsp3) is 0.231. The number of hydrogen-bond donors (Lipinski definition) is 2. The monoisotopic (exact) mass is 245 g/mol. The molecule has 0 saturated carbocycles. The highest BCUT2D eigenvalue weighted by Crippen LogP contribution is 2.25. The smallest absolute Gasteiger partial charge is 0.260 e. The highest BCUT2D eigenvalue weighted by atomic mass is 16.5. The summed E-state index contributed by atoms with van der Waals surface area (Å²) in [5, 5.41) is 6.43. The summed E-state index contributed by atoms with van der Waals surface area (Å²) in [6.45, 7) is 5.49. The molecule has 0 aliphatic rings. The number of aryl methyl sites for hydroxylation is 2. The number of benzene rings is 1. The number of amides is 1. The Labute approximate surface area is 105 Å². The first kappa shape index (κ1) is 12.2. The molecule has 94 valence electrons. The topological polar surface area (TPSA) is 81.1 Å². The second kappa shape index (κ2) is 4.52. The fourth-order valence-corrected chi connectivity index (χ4v) is 1.75. The highest BCUT2D eigenvalue weighted by molar-refractivity contribution is 6.05. The van der Waals surface area contributed by atoms with Crippen LogP contribution in [0.1, 0.15) is 27.2 Å². The van der Waals surface area contributed by atoms with Crippen molar-refractivity contribution in [2.45, 2.75) is 20.8 Å². The average molecular weight is 245 g/mol. The Morgan fingerprint density at radius 3 is 2.67 bits per heavy atom. The summed E-state index contributed by atoms with van der Waals surface area (Å²) >= 11 is 0. The molecule has 0 unspecified atom stereocenters. The molecule has 0 fully saturated rings. The van der Waals surface area contributed by atoms with Crippen LogP contribution in [0.5, 0.6) is 0 Å². The largest absolute Gasteiger partial charge is 0.398 e. The highest BCUT2D eigenvalue weighted by Gasteiger charge is 2.15. The maximum Gasteiger partial charge on any atom is 0.260 e. The van der Waals surface area contributed by atoms with E-state index >= 15 is 0 Å². The average Bonchev–Trinajstić information content (AvgIpc) is 2.76. The molecule has 2 rings (SSSR count). The molecule has 1 aromatic carbocycles. The van der Waals surface area contributed by atoms with E-state index in [0.717, 1.165) is 16.8 Å². The standard InChI is InChI=1S/C13H15N3O2/c1-7-4-5-11(14)8(2)12(7)16-13(17)10-6-15-18-9(10)3/h4-6H,14H2,1-3H3,(H,16,17). The van der Waals surface area contributed by atoms with Gasteiger partial charge >= 0.3 is 0 Å². The number of hydrogen-bond acceptors (Lipinski definition) is 4. The van der Waals surface area contributed by atoms with Gasteiger partial charge in [-0.1, -0.05) is 11.2 Å². The van der Waals surface area contributed by atoms with Crippen LogP contribution in [0.3, 0.4) is 0 Å². The number of anilines is 2. The number of carbonyl (C=O) groups is 1. The Hall–Kier alpha value is -2.30. The quantitative estimate of drug-likeness (QED) is 0.796. The minimum Gasteiger partial charge on any atom is -0.398 e. The van der Waals surface area contributed by atoms with Crippen LogP contribution in [0.2, 0.25) is 0 Å². The predicted molar refractivity (Wildman–Crippen MR) is 69.5 cm³/mol. The summed E-state index contributed by atoms with van der Waals surface area (Å²) in [6, 6.07) is 3.70. The third-order valence-electron chi connectivity index (χ3n) is 2.95. The molecule has 2 aromatic rings. The summed E-state index contributed by atoms with van der Waals surface area (Å²) in [5.41, 5.74) is 9.47. The lowest BCUT2D eigenvalue weighted by Crippen LogP contribution is -2.14. The molecule has 1 amide bonds. The van der Waals surface area contributed by atoms with Gasteiger partial charge in [0.2, 0.25) is 0 Å². The lowest BCUT2D eigenvalue weighted by atomic mass is 10.1. The van der Waals surface area contributed by atoms with Crippen LogP contribution in [0.4, 0.5) is 11.4 Å². The van der Waals surface area contributed by atoms with Crippen molar-refractivity contribution < 1.29 is 9.32 Å². The van der Waals surface area contributed by atoms with Gasteiger partial charge in [0.25, 0.3) is 5.91 Å². The van der Waals surface area contributed by atoms with E-state index in [1.165, 1.54) is 6.20 Å². The molecule has 0 saturated heterocycles. The zero-order chi connectivity index (χ0) is 13.3. The van der Waals surface area contributed by atoms with E-state index in [-0.39, 0.29) is 5.91 Å². The number of nitrogens with two attached hydrogens (primary N) is 1. The third-order valence-corrected chi connectivity index (χ3v) is 2.95. The van der Waals surface area contributed by atoms with Crippen LogP contribution < -0.4 is 11.1 Å². The molecule has 0 atom stereocenters. The Bertz CT molecular complexity index is 602. The number of carbonyl (C=O) groups excluding carboxylic acids is 1. The maximum absolute atomic E-state index is 12.1. The van der Waals surface area contributed by atoms with Gasteiger partial charge in [0.05, 0.1) is 6.20 Å². The first-order valence-electron chi connectivity index (χ1n) is 5.59. The van der Waals surface area contributed by atoms with Gasteiger partial charge in [-0.3, -0.25) is 4.79 Å². The van der Waals surface area contributed by atoms with Crippen molar-refractivity contribution in [1.82, 2.24) is 5.16 Å². The van der Waals surface area contributed by atoms with Gasteiger partial charge in [-0.25, -0.2) is 0 Å². The Morgan fingerprint density at radius 1 is 1.33 bits per heavy atom. The van der Waals surface area contributed by atoms with E-state index in [1.807, 2.05) is 26.0 Å². The van der Waals surface area contributed by atoms with Crippen molar-refractivity contribution >= 4 is 17.3 Å². The lowest BCUT2D eigenvalue weighted by molar-refractivity contribution is 0.102. The van der Waals surface area contributed by atoms with Crippen LogP contribution in [0.25, 0.3) is 0 Å². The second-order valence-corrected chi connectivity index (χ2v) is 4.22. The number of nitrogens with zero attached hydrogens (tertiary/aromatic N) is 1. The van der Waals surface area contributed by atoms with Gasteiger partial charge in [-0.05, 0) is 38.0 Å². The molecule has 3 N–H and O–H groups in total. The van der Waals surface area contributed by atoms with E-state index in [4.69, 9.17) is 10.3 Å². The summed E-state index contributed by atoms with van der Waals surface area (Å²) < 4.78 is 4.87. The Balaban J connectivity index is 2.33. The number of rotatable bonds is 2. The van der Waals surface area contributed by atoms with Crippen LogP contribution >= 0.6 is 0 Å². The molecule has 5 heteroatoms. The molecule has 18 heavy (non-hydrogen) atoms. The van der Waals surface area contributed by atoms with Gasteiger partial charge in [0.15, 0.2) is 0 Å². The molecule has 5 nitrogen and oxygen atoms in total. The van der Waals surface area contributed by atoms with E-state index in [1.54, 1.807) is 6.92 Å². The van der Waals surface area contributed by atoms with E-state index in [0.29, 0.717) is 17.0 Å². The van der Waals surface area contributed by atoms with Crippen LogP contribution in [-0.2, 0) is 0 Å². The summed E-state index contributed by atoms with van der Waals surface area (Å²) in [5.74, 6) is 0.247. The van der Waals surface area contributed by atoms with E-state index < -0.39 is 0 Å². The van der Waals surface area contributed by atoms with E-state index in [2.05, 4.69) is 10.5 Å². The van der Waals surface area contributed by atoms with Crippen molar-refractivity contribution in [3.05, 3.63) is 40.8 Å². The van der Waals surface area contributed by atoms with Crippen molar-refractivity contribution in [2.24, 2.45) is 0 Å². The molecule has 0 radical (unpaired) electrons. The van der Waals surface area contributed by atoms with Crippen molar-refractivity contribution in [2.75, 3.05) is 11.1 Å². The first-order chi connectivity index (χ1) is 8.50. The zero-order valence-corrected chi connectivity index (χ0v) is 10.6. The molecular formula is C13H15N3O2. The third kappa shape index (κ3) is 2.07. The second-order valence-electron chi connectivity index (χ2n) is 4.22. The van der Waals surface area contributed by atoms with Gasteiger partial charge in [0.1, 0.15) is 11.3 Å². The molecular weight excluding hydrogens is 230 g/mol. The molecule has 0 bridgehead atoms. The van der Waals surface area contributed by atoms with E-state index in [9.17, 15) is 4.79 Å². The van der Waals surface area contributed by atoms with Crippen LogP contribution in [0, 0.1) is 20.8 Å². The number of aromatic nitrogens is 1. The number of nitrogen functional groups attached to an aromatic ring is 1. The zero-order valence-electron chi connectivity index (χ0n) is 10.6. The van der Waals surface area contributed by atoms with Crippen molar-refractivity contribution in [1.29, 1.82) is 0 Å². The normalized spacial score (nSPS) is 10.4. The SMILES string of the molecule is Cc1ccc(N)c(C)c1NC(=O)c1cnoc1C. The maximum atomic E-state index is 12.1. The molecule has 0 spiro atoms. The first-order valence-corrected chi connectivity index (χ1v) is 5.59. The number of nitrogens with one attached hydrogen (secondary N) is 1. The molecule has 0 aliphatic carbocycles. The molecule has 1 heterocycles. The van der Waals surface area contributed by atoms with Crippen LogP contribution in [0.15, 0.2) is 22.9 Å². The van der Waals surface area contributed by atoms with Gasteiger partial charge in [-0.2, -0.15) is 0 Å². The summed E-state index contributed by atoms with van der Waals surface area (Å²) in [4.78, 5) is 12.1. The molecule has 1 aromatic heterocycles. The minimum atomic E-state index is -0.245. The predicted octanol–water partition coefficient (Wildman–Crippen LogP) is 2.43. The van der Waals surface area contributed by atoms with Gasteiger partial charge < -0.3 is 15.6 Å².